The van der Waals surface area contributed by atoms with Gasteiger partial charge in [0.25, 0.3) is 5.56 Å². The van der Waals surface area contributed by atoms with Gasteiger partial charge in [0.05, 0.1) is 0 Å². The molecule has 0 spiro atoms. The number of fused-ring (bicyclic) bond motifs is 1. The molecule has 4 aromatic rings. The molecule has 0 saturated carbocycles. The normalized spacial score (nSPS) is 11.8. The monoisotopic (exact) mass is 373 g/mol. The van der Waals surface area contributed by atoms with Crippen molar-refractivity contribution in [3.8, 4) is 21.7 Å². The molecular formula is C18H10F3N3OS. The molecule has 0 aliphatic rings. The zero-order valence-corrected chi connectivity index (χ0v) is 13.9. The molecule has 2 aromatic heterocycles. The van der Waals surface area contributed by atoms with Gasteiger partial charge >= 0.3 is 6.18 Å². The first kappa shape index (κ1) is 16.5. The molecule has 130 valence electrons. The molecule has 0 saturated heterocycles. The van der Waals surface area contributed by atoms with E-state index in [4.69, 9.17) is 0 Å². The number of rotatable bonds is 2. The predicted molar refractivity (Wildman–Crippen MR) is 93.0 cm³/mol. The van der Waals surface area contributed by atoms with E-state index in [2.05, 4.69) is 10.1 Å². The molecule has 8 heteroatoms. The zero-order chi connectivity index (χ0) is 18.3. The maximum Gasteiger partial charge on any atom is 0.433 e. The Morgan fingerprint density at radius 3 is 2.31 bits per heavy atom. The van der Waals surface area contributed by atoms with Crippen molar-refractivity contribution in [1.82, 2.24) is 14.6 Å². The molecule has 4 rings (SSSR count). The van der Waals surface area contributed by atoms with Crippen molar-refractivity contribution >= 4 is 16.3 Å². The molecule has 26 heavy (non-hydrogen) atoms. The standard InChI is InChI=1S/C18H10F3N3OS/c19-18(20,21)14-10-15(25)24-17(22-14)26-16(23-24)13-8-4-7-12(9-13)11-5-2-1-3-6-11/h1-10H. The average molecular weight is 373 g/mol. The highest BCUT2D eigenvalue weighted by Gasteiger charge is 2.34. The van der Waals surface area contributed by atoms with Crippen LogP contribution in [0, 0.1) is 0 Å². The van der Waals surface area contributed by atoms with Crippen LogP contribution in [0.15, 0.2) is 65.5 Å². The fourth-order valence-corrected chi connectivity index (χ4v) is 3.44. The van der Waals surface area contributed by atoms with Gasteiger partial charge in [0.1, 0.15) is 5.01 Å². The maximum atomic E-state index is 12.8. The largest absolute Gasteiger partial charge is 0.433 e. The van der Waals surface area contributed by atoms with Crippen LogP contribution < -0.4 is 5.56 Å². The highest BCUT2D eigenvalue weighted by atomic mass is 32.1. The number of benzene rings is 2. The molecule has 0 N–H and O–H groups in total. The van der Waals surface area contributed by atoms with Gasteiger partial charge in [-0.1, -0.05) is 59.9 Å². The molecule has 0 radical (unpaired) electrons. The van der Waals surface area contributed by atoms with Crippen molar-refractivity contribution in [3.05, 3.63) is 76.7 Å². The van der Waals surface area contributed by atoms with Crippen LogP contribution in [0.1, 0.15) is 5.69 Å². The van der Waals surface area contributed by atoms with E-state index in [-0.39, 0.29) is 4.96 Å². The lowest BCUT2D eigenvalue weighted by molar-refractivity contribution is -0.141. The summed E-state index contributed by atoms with van der Waals surface area (Å²) in [5, 5.41) is 4.56. The van der Waals surface area contributed by atoms with Crippen LogP contribution in [0.4, 0.5) is 13.2 Å². The van der Waals surface area contributed by atoms with Gasteiger partial charge in [0.15, 0.2) is 5.69 Å². The van der Waals surface area contributed by atoms with Crippen molar-refractivity contribution < 1.29 is 13.2 Å². The van der Waals surface area contributed by atoms with E-state index in [0.717, 1.165) is 27.0 Å². The molecule has 0 amide bonds. The summed E-state index contributed by atoms with van der Waals surface area (Å²) in [6, 6.07) is 17.6. The third kappa shape index (κ3) is 2.99. The highest BCUT2D eigenvalue weighted by Crippen LogP contribution is 2.31. The number of nitrogens with zero attached hydrogens (tertiary/aromatic N) is 3. The second kappa shape index (κ2) is 6.06. The molecular weight excluding hydrogens is 363 g/mol. The number of alkyl halides is 3. The number of aromatic nitrogens is 3. The van der Waals surface area contributed by atoms with Crippen LogP contribution in [-0.4, -0.2) is 14.6 Å². The fourth-order valence-electron chi connectivity index (χ4n) is 2.54. The number of hydrogen-bond donors (Lipinski definition) is 0. The van der Waals surface area contributed by atoms with Gasteiger partial charge < -0.3 is 0 Å². The van der Waals surface area contributed by atoms with Crippen LogP contribution in [0.3, 0.4) is 0 Å². The summed E-state index contributed by atoms with van der Waals surface area (Å²) in [6.45, 7) is 0. The molecule has 0 unspecified atom stereocenters. The van der Waals surface area contributed by atoms with E-state index in [0.29, 0.717) is 16.6 Å². The van der Waals surface area contributed by atoms with Gasteiger partial charge in [-0.15, -0.1) is 0 Å². The second-order valence-corrected chi connectivity index (χ2v) is 6.48. The molecule has 0 atom stereocenters. The second-order valence-electron chi connectivity index (χ2n) is 5.53. The summed E-state index contributed by atoms with van der Waals surface area (Å²) in [7, 11) is 0. The highest BCUT2D eigenvalue weighted by molar-refractivity contribution is 7.19. The lowest BCUT2D eigenvalue weighted by Crippen LogP contribution is -2.19. The van der Waals surface area contributed by atoms with E-state index in [9.17, 15) is 18.0 Å². The van der Waals surface area contributed by atoms with Gasteiger partial charge in [-0.05, 0) is 17.2 Å². The van der Waals surface area contributed by atoms with E-state index in [1.165, 1.54) is 0 Å². The topological polar surface area (TPSA) is 47.3 Å². The molecule has 0 aliphatic carbocycles. The van der Waals surface area contributed by atoms with E-state index < -0.39 is 17.4 Å². The van der Waals surface area contributed by atoms with Crippen molar-refractivity contribution in [1.29, 1.82) is 0 Å². The Morgan fingerprint density at radius 1 is 0.885 bits per heavy atom. The van der Waals surface area contributed by atoms with Crippen LogP contribution in [0.2, 0.25) is 0 Å². The first-order valence-electron chi connectivity index (χ1n) is 7.56. The summed E-state index contributed by atoms with van der Waals surface area (Å²) >= 11 is 0.939. The molecule has 0 bridgehead atoms. The summed E-state index contributed by atoms with van der Waals surface area (Å²) in [5.74, 6) is 0. The zero-order valence-electron chi connectivity index (χ0n) is 13.1. The minimum Gasteiger partial charge on any atom is -0.267 e. The molecule has 0 aliphatic heterocycles. The maximum absolute atomic E-state index is 12.8. The Hall–Kier alpha value is -3.00. The molecule has 4 nitrogen and oxygen atoms in total. The summed E-state index contributed by atoms with van der Waals surface area (Å²) in [4.78, 5) is 15.4. The summed E-state index contributed by atoms with van der Waals surface area (Å²) in [6.07, 6.45) is -4.68. The smallest absolute Gasteiger partial charge is 0.267 e. The Balaban J connectivity index is 1.83. The van der Waals surface area contributed by atoms with Crippen molar-refractivity contribution in [3.63, 3.8) is 0 Å². The first-order chi connectivity index (χ1) is 12.4. The Labute approximate surface area is 149 Å². The number of hydrogen-bond acceptors (Lipinski definition) is 4. The van der Waals surface area contributed by atoms with E-state index >= 15 is 0 Å². The van der Waals surface area contributed by atoms with Crippen molar-refractivity contribution in [2.45, 2.75) is 6.18 Å². The van der Waals surface area contributed by atoms with Gasteiger partial charge in [-0.25, -0.2) is 4.98 Å². The number of halogens is 3. The third-order valence-electron chi connectivity index (χ3n) is 3.75. The van der Waals surface area contributed by atoms with Gasteiger partial charge in [-0.3, -0.25) is 4.79 Å². The lowest BCUT2D eigenvalue weighted by Gasteiger charge is -2.03. The summed E-state index contributed by atoms with van der Waals surface area (Å²) in [5.41, 5.74) is 0.582. The Kier molecular flexibility index (Phi) is 3.84. The minimum absolute atomic E-state index is 0.0926. The SMILES string of the molecule is O=c1cc(C(F)(F)F)nc2sc(-c3cccc(-c4ccccc4)c3)nn12. The van der Waals surface area contributed by atoms with Crippen LogP contribution in [0.5, 0.6) is 0 Å². The molecule has 2 aromatic carbocycles. The Morgan fingerprint density at radius 2 is 1.58 bits per heavy atom. The molecule has 2 heterocycles. The van der Waals surface area contributed by atoms with Crippen LogP contribution in [0.25, 0.3) is 26.7 Å². The first-order valence-corrected chi connectivity index (χ1v) is 8.37. The van der Waals surface area contributed by atoms with Crippen LogP contribution >= 0.6 is 11.3 Å². The predicted octanol–water partition coefficient (Wildman–Crippen LogP) is 4.50. The quantitative estimate of drug-likeness (QED) is 0.520. The minimum atomic E-state index is -4.68. The van der Waals surface area contributed by atoms with Crippen molar-refractivity contribution in [2.75, 3.05) is 0 Å². The third-order valence-corrected chi connectivity index (χ3v) is 4.71. The van der Waals surface area contributed by atoms with E-state index in [1.54, 1.807) is 6.07 Å². The van der Waals surface area contributed by atoms with Gasteiger partial charge in [0, 0.05) is 11.6 Å². The Bertz CT molecular complexity index is 1150. The van der Waals surface area contributed by atoms with Crippen molar-refractivity contribution in [2.24, 2.45) is 0 Å². The fraction of sp³-hybridized carbons (Fsp3) is 0.0556. The van der Waals surface area contributed by atoms with E-state index in [1.807, 2.05) is 48.5 Å². The van der Waals surface area contributed by atoms with Gasteiger partial charge in [-0.2, -0.15) is 22.8 Å². The van der Waals surface area contributed by atoms with Gasteiger partial charge in [0.2, 0.25) is 4.96 Å². The summed E-state index contributed by atoms with van der Waals surface area (Å²) < 4.78 is 39.4. The molecule has 0 fully saturated rings. The van der Waals surface area contributed by atoms with Crippen LogP contribution in [-0.2, 0) is 6.18 Å². The average Bonchev–Trinajstić information content (AvgIpc) is 3.07. The lowest BCUT2D eigenvalue weighted by atomic mass is 10.0.